The van der Waals surface area contributed by atoms with Crippen molar-refractivity contribution in [1.82, 2.24) is 0 Å². The Bertz CT molecular complexity index is 149. The van der Waals surface area contributed by atoms with Crippen molar-refractivity contribution in [3.63, 3.8) is 0 Å². The van der Waals surface area contributed by atoms with Crippen LogP contribution in [-0.2, 0) is 9.53 Å². The lowest BCUT2D eigenvalue weighted by molar-refractivity contribution is -0.149. The molecule has 0 bridgehead atoms. The molecular formula is C6H12O3S3. The van der Waals surface area contributed by atoms with E-state index in [0.717, 1.165) is 11.8 Å². The molecule has 0 aliphatic carbocycles. The Kier molecular flexibility index (Phi) is 6.25. The average Bonchev–Trinajstić information content (AvgIpc) is 1.84. The number of carbonyl (C=O) groups excluding carboxylic acids is 1. The van der Waals surface area contributed by atoms with Crippen LogP contribution >= 0.6 is 37.0 Å². The Labute approximate surface area is 87.1 Å². The van der Waals surface area contributed by atoms with E-state index in [-0.39, 0.29) is 4.58 Å². The second-order valence-corrected chi connectivity index (χ2v) is 5.40. The monoisotopic (exact) mass is 228 g/mol. The lowest BCUT2D eigenvalue weighted by Crippen LogP contribution is -2.23. The van der Waals surface area contributed by atoms with Gasteiger partial charge in [0.25, 0.3) is 0 Å². The van der Waals surface area contributed by atoms with E-state index in [1.54, 1.807) is 13.8 Å². The lowest BCUT2D eigenvalue weighted by Gasteiger charge is -2.13. The molecule has 0 amide bonds. The summed E-state index contributed by atoms with van der Waals surface area (Å²) < 4.78 is 4.52. The minimum Gasteiger partial charge on any atom is -0.449 e. The van der Waals surface area contributed by atoms with E-state index in [0.29, 0.717) is 0 Å². The molecule has 3 unspecified atom stereocenters. The van der Waals surface area contributed by atoms with Crippen LogP contribution in [0, 0.1) is 0 Å². The molecule has 0 saturated heterocycles. The maximum atomic E-state index is 10.9. The predicted molar refractivity (Wildman–Crippen MR) is 56.6 cm³/mol. The van der Waals surface area contributed by atoms with E-state index in [2.05, 4.69) is 30.0 Å². The van der Waals surface area contributed by atoms with Gasteiger partial charge in [-0.2, -0.15) is 12.6 Å². The van der Waals surface area contributed by atoms with Gasteiger partial charge in [-0.15, -0.1) is 24.4 Å². The van der Waals surface area contributed by atoms with E-state index >= 15 is 0 Å². The van der Waals surface area contributed by atoms with Gasteiger partial charge in [-0.25, -0.2) is 4.79 Å². The summed E-state index contributed by atoms with van der Waals surface area (Å²) in [5.74, 6) is -0.677. The molecule has 0 aromatic rings. The Hall–Kier alpha value is 0.480. The molecule has 3 atom stereocenters. The molecular weight excluding hydrogens is 216 g/mol. The number of hydrogen-bond acceptors (Lipinski definition) is 6. The van der Waals surface area contributed by atoms with Crippen molar-refractivity contribution >= 4 is 43.0 Å². The number of hydrogen-bond donors (Lipinski definition) is 3. The maximum absolute atomic E-state index is 10.9. The summed E-state index contributed by atoms with van der Waals surface area (Å²) in [5.41, 5.74) is -1.67. The van der Waals surface area contributed by atoms with Crippen molar-refractivity contribution in [3.8, 4) is 0 Å². The first-order valence-corrected chi connectivity index (χ1v) is 5.31. The molecule has 0 heterocycles. The number of ether oxygens (including phenoxy) is 1. The molecule has 0 rings (SSSR count). The first kappa shape index (κ1) is 12.5. The lowest BCUT2D eigenvalue weighted by atomic mass is 10.7. The van der Waals surface area contributed by atoms with E-state index in [1.165, 1.54) is 0 Å². The number of rotatable bonds is 4. The van der Waals surface area contributed by atoms with Crippen molar-refractivity contribution in [1.29, 1.82) is 0 Å². The fraction of sp³-hybridized carbons (Fsp3) is 0.833. The summed E-state index contributed by atoms with van der Waals surface area (Å²) in [5, 5.41) is 9.14. The third-order valence-electron chi connectivity index (χ3n) is 0.814. The highest BCUT2D eigenvalue weighted by molar-refractivity contribution is 8.11. The predicted octanol–water partition coefficient (Wildman–Crippen LogP) is 1.13. The van der Waals surface area contributed by atoms with Crippen LogP contribution in [0.5, 0.6) is 0 Å². The number of thiol groups is 2. The highest BCUT2D eigenvalue weighted by Gasteiger charge is 2.19. The second-order valence-electron chi connectivity index (χ2n) is 2.12. The van der Waals surface area contributed by atoms with Gasteiger partial charge in [-0.3, -0.25) is 0 Å². The molecule has 3 nitrogen and oxygen atoms in total. The van der Waals surface area contributed by atoms with Gasteiger partial charge in [0, 0.05) is 4.58 Å². The van der Waals surface area contributed by atoms with Crippen molar-refractivity contribution in [2.24, 2.45) is 0 Å². The van der Waals surface area contributed by atoms with Gasteiger partial charge in [-0.05, 0) is 13.8 Å². The molecule has 0 spiro atoms. The summed E-state index contributed by atoms with van der Waals surface area (Å²) in [6.07, 6.45) is 0. The molecule has 0 aromatic heterocycles. The quantitative estimate of drug-likeness (QED) is 0.383. The highest BCUT2D eigenvalue weighted by atomic mass is 32.2. The zero-order valence-electron chi connectivity index (χ0n) is 6.80. The second kappa shape index (κ2) is 6.01. The molecule has 0 fully saturated rings. The van der Waals surface area contributed by atoms with Gasteiger partial charge in [0.2, 0.25) is 0 Å². The van der Waals surface area contributed by atoms with Crippen molar-refractivity contribution < 1.29 is 14.6 Å². The molecule has 6 heteroatoms. The van der Waals surface area contributed by atoms with Crippen molar-refractivity contribution in [2.75, 3.05) is 0 Å². The Balaban J connectivity index is 3.77. The minimum atomic E-state index is -1.17. The van der Waals surface area contributed by atoms with Crippen LogP contribution in [0.2, 0.25) is 0 Å². The zero-order chi connectivity index (χ0) is 9.72. The molecule has 0 aliphatic heterocycles. The van der Waals surface area contributed by atoms with Gasteiger partial charge >= 0.3 is 5.97 Å². The van der Waals surface area contributed by atoms with E-state index in [9.17, 15) is 4.79 Å². The Morgan fingerprint density at radius 2 is 2.00 bits per heavy atom. The van der Waals surface area contributed by atoms with Crippen LogP contribution in [0.3, 0.4) is 0 Å². The molecule has 72 valence electrons. The average molecular weight is 228 g/mol. The van der Waals surface area contributed by atoms with Crippen LogP contribution < -0.4 is 0 Å². The summed E-state index contributed by atoms with van der Waals surface area (Å²) in [4.78, 5) is 10.9. The van der Waals surface area contributed by atoms with E-state index in [4.69, 9.17) is 5.11 Å². The van der Waals surface area contributed by atoms with Crippen LogP contribution in [0.25, 0.3) is 0 Å². The largest absolute Gasteiger partial charge is 0.449 e. The number of carbonyl (C=O) groups is 1. The third-order valence-corrected chi connectivity index (χ3v) is 2.13. The van der Waals surface area contributed by atoms with Gasteiger partial charge < -0.3 is 9.84 Å². The smallest absolute Gasteiger partial charge is 0.346 e. The van der Waals surface area contributed by atoms with Crippen LogP contribution in [0.4, 0.5) is 0 Å². The fourth-order valence-corrected chi connectivity index (χ4v) is 1.46. The number of aliphatic hydroxyl groups excluding tert-OH is 1. The van der Waals surface area contributed by atoms with E-state index < -0.39 is 16.8 Å². The topological polar surface area (TPSA) is 46.5 Å². The Morgan fingerprint density at radius 1 is 1.50 bits per heavy atom. The summed E-state index contributed by atoms with van der Waals surface area (Å²) in [6.45, 7) is 3.36. The molecule has 0 aromatic carbocycles. The van der Waals surface area contributed by atoms with Gasteiger partial charge in [0.1, 0.15) is 5.44 Å². The molecule has 0 saturated carbocycles. The first-order chi connectivity index (χ1) is 5.43. The van der Waals surface area contributed by atoms with Crippen LogP contribution in [0.15, 0.2) is 0 Å². The standard InChI is InChI=1S/C6H12O3S3/c1-3(10)9-5(7)6(8)12-4(2)11/h3-4,6,8,10-11H,1-2H3. The van der Waals surface area contributed by atoms with Crippen LogP contribution in [0.1, 0.15) is 13.8 Å². The normalized spacial score (nSPS) is 18.1. The van der Waals surface area contributed by atoms with Gasteiger partial charge in [0.15, 0.2) is 5.44 Å². The number of thioether (sulfide) groups is 1. The summed E-state index contributed by atoms with van der Waals surface area (Å²) in [6, 6.07) is 0. The molecule has 1 N–H and O–H groups in total. The van der Waals surface area contributed by atoms with Crippen LogP contribution in [-0.4, -0.2) is 26.5 Å². The minimum absolute atomic E-state index is 0.109. The van der Waals surface area contributed by atoms with Crippen molar-refractivity contribution in [3.05, 3.63) is 0 Å². The molecule has 0 aliphatic rings. The van der Waals surface area contributed by atoms with Crippen molar-refractivity contribution in [2.45, 2.75) is 29.3 Å². The summed E-state index contributed by atoms with van der Waals surface area (Å²) >= 11 is 8.85. The van der Waals surface area contributed by atoms with Gasteiger partial charge in [0.05, 0.1) is 0 Å². The number of esters is 1. The van der Waals surface area contributed by atoms with E-state index in [1.807, 2.05) is 0 Å². The molecule has 0 radical (unpaired) electrons. The Morgan fingerprint density at radius 3 is 2.33 bits per heavy atom. The fourth-order valence-electron chi connectivity index (χ4n) is 0.468. The molecule has 12 heavy (non-hydrogen) atoms. The summed E-state index contributed by atoms with van der Waals surface area (Å²) in [7, 11) is 0. The zero-order valence-corrected chi connectivity index (χ0v) is 9.40. The van der Waals surface area contributed by atoms with Gasteiger partial charge in [-0.1, -0.05) is 0 Å². The SMILES string of the molecule is CC(S)OC(=O)C(O)SC(C)S. The third kappa shape index (κ3) is 6.05. The number of aliphatic hydroxyl groups is 1. The maximum Gasteiger partial charge on any atom is 0.346 e. The first-order valence-electron chi connectivity index (χ1n) is 3.33. The highest BCUT2D eigenvalue weighted by Crippen LogP contribution is 2.19.